The Balaban J connectivity index is 2.69. The smallest absolute Gasteiger partial charge is 0.465 e. The molecule has 1 rings (SSSR count). The molecule has 0 fully saturated rings. The molecule has 0 radical (unpaired) electrons. The molecule has 0 aromatic carbocycles. The number of hydrogen-bond acceptors (Lipinski definition) is 4. The minimum Gasteiger partial charge on any atom is -0.465 e. The molecule has 1 heterocycles. The normalized spacial score (nSPS) is 17.2. The fraction of sp³-hybridized carbons (Fsp3) is 0.500. The number of carbonyl (C=O) groups is 1. The van der Waals surface area contributed by atoms with E-state index in [-0.39, 0.29) is 6.54 Å². The quantitative estimate of drug-likeness (QED) is 0.585. The maximum Gasteiger partial charge on any atom is 0.534 e. The summed E-state index contributed by atoms with van der Waals surface area (Å²) >= 11 is 0. The van der Waals surface area contributed by atoms with Gasteiger partial charge in [-0.15, -0.1) is 0 Å². The lowest BCUT2D eigenvalue weighted by Gasteiger charge is -2.12. The maximum absolute atomic E-state index is 11.9. The summed E-state index contributed by atoms with van der Waals surface area (Å²) in [6, 6.07) is 0. The second-order valence-electron chi connectivity index (χ2n) is 2.82. The van der Waals surface area contributed by atoms with Crippen molar-refractivity contribution in [2.24, 2.45) is 0 Å². The Kier molecular flexibility index (Phi) is 3.03. The average molecular weight is 261 g/mol. The first-order chi connectivity index (χ1) is 7.13. The molecule has 1 N–H and O–H groups in total. The van der Waals surface area contributed by atoms with Crippen LogP contribution >= 0.6 is 0 Å². The van der Waals surface area contributed by atoms with Crippen LogP contribution < -0.4 is 0 Å². The van der Waals surface area contributed by atoms with Gasteiger partial charge in [0.2, 0.25) is 0 Å². The summed E-state index contributed by atoms with van der Waals surface area (Å²) in [6.07, 6.45) is -0.420. The summed E-state index contributed by atoms with van der Waals surface area (Å²) in [7, 11) is -5.72. The Bertz CT molecular complexity index is 426. The van der Waals surface area contributed by atoms with E-state index in [1.54, 1.807) is 0 Å². The molecule has 0 spiro atoms. The van der Waals surface area contributed by atoms with Gasteiger partial charge in [-0.05, 0) is 6.08 Å². The Hall–Kier alpha value is -1.45. The topological polar surface area (TPSA) is 83.9 Å². The highest BCUT2D eigenvalue weighted by Crippen LogP contribution is 2.27. The van der Waals surface area contributed by atoms with Gasteiger partial charge in [-0.25, -0.2) is 4.79 Å². The first-order valence-electron chi connectivity index (χ1n) is 3.81. The van der Waals surface area contributed by atoms with Crippen LogP contribution in [0, 0.1) is 0 Å². The van der Waals surface area contributed by atoms with Gasteiger partial charge in [0.15, 0.2) is 0 Å². The Morgan fingerprint density at radius 2 is 2.06 bits per heavy atom. The number of rotatable bonds is 2. The van der Waals surface area contributed by atoms with Crippen molar-refractivity contribution in [3.05, 3.63) is 11.8 Å². The number of halogens is 3. The third-order valence-corrected chi connectivity index (χ3v) is 2.66. The van der Waals surface area contributed by atoms with Crippen molar-refractivity contribution in [1.29, 1.82) is 0 Å². The molecule has 0 bridgehead atoms. The minimum atomic E-state index is -5.72. The van der Waals surface area contributed by atoms with Crippen molar-refractivity contribution in [2.45, 2.75) is 5.51 Å². The number of carboxylic acid groups (broad SMARTS) is 1. The lowest BCUT2D eigenvalue weighted by atomic mass is 10.5. The standard InChI is InChI=1S/C6H6F3NO5S/c7-6(8,9)16(13,14)15-4-1-2-10(3-4)5(11)12/h1H,2-3H2,(H,11,12). The highest BCUT2D eigenvalue weighted by Gasteiger charge is 2.49. The summed E-state index contributed by atoms with van der Waals surface area (Å²) in [5, 5.41) is 8.45. The van der Waals surface area contributed by atoms with Crippen molar-refractivity contribution in [3.8, 4) is 0 Å². The molecule has 1 aliphatic heterocycles. The zero-order valence-corrected chi connectivity index (χ0v) is 8.38. The average Bonchev–Trinajstić information content (AvgIpc) is 2.49. The fourth-order valence-electron chi connectivity index (χ4n) is 0.923. The van der Waals surface area contributed by atoms with Crippen LogP contribution in [-0.2, 0) is 14.3 Å². The Labute approximate surface area is 88.0 Å². The van der Waals surface area contributed by atoms with Crippen molar-refractivity contribution < 1.29 is 35.7 Å². The summed E-state index contributed by atoms with van der Waals surface area (Å²) in [4.78, 5) is 11.1. The number of alkyl halides is 3. The van der Waals surface area contributed by atoms with Gasteiger partial charge in [-0.3, -0.25) is 4.90 Å². The second kappa shape index (κ2) is 3.85. The first kappa shape index (κ1) is 12.6. The minimum absolute atomic E-state index is 0.210. The highest BCUT2D eigenvalue weighted by molar-refractivity contribution is 7.87. The first-order valence-corrected chi connectivity index (χ1v) is 5.22. The lowest BCUT2D eigenvalue weighted by molar-refractivity contribution is -0.0522. The molecule has 0 atom stereocenters. The van der Waals surface area contributed by atoms with Crippen molar-refractivity contribution >= 4 is 16.2 Å². The van der Waals surface area contributed by atoms with Gasteiger partial charge in [0.05, 0.1) is 6.54 Å². The lowest BCUT2D eigenvalue weighted by Crippen LogP contribution is -2.29. The summed E-state index contributed by atoms with van der Waals surface area (Å²) in [5.74, 6) is -0.556. The van der Waals surface area contributed by atoms with Crippen LogP contribution in [0.4, 0.5) is 18.0 Å². The molecule has 0 saturated heterocycles. The van der Waals surface area contributed by atoms with Crippen molar-refractivity contribution in [2.75, 3.05) is 13.1 Å². The second-order valence-corrected chi connectivity index (χ2v) is 4.35. The number of nitrogens with zero attached hydrogens (tertiary/aromatic N) is 1. The van der Waals surface area contributed by atoms with Crippen LogP contribution in [0.25, 0.3) is 0 Å². The molecule has 6 nitrogen and oxygen atoms in total. The van der Waals surface area contributed by atoms with E-state index in [9.17, 15) is 26.4 Å². The van der Waals surface area contributed by atoms with Crippen LogP contribution in [0.3, 0.4) is 0 Å². The number of hydrogen-bond donors (Lipinski definition) is 1. The highest BCUT2D eigenvalue weighted by atomic mass is 32.2. The van der Waals surface area contributed by atoms with Gasteiger partial charge < -0.3 is 9.29 Å². The molecule has 1 amide bonds. The Morgan fingerprint density at radius 1 is 1.50 bits per heavy atom. The molecule has 0 aliphatic carbocycles. The van der Waals surface area contributed by atoms with E-state index in [0.29, 0.717) is 4.90 Å². The Morgan fingerprint density at radius 3 is 2.44 bits per heavy atom. The SMILES string of the molecule is O=C(O)N1CC=C(OS(=O)(=O)C(F)(F)F)C1. The summed E-state index contributed by atoms with van der Waals surface area (Å²) in [5.41, 5.74) is -5.52. The van der Waals surface area contributed by atoms with E-state index in [0.717, 1.165) is 6.08 Å². The summed E-state index contributed by atoms with van der Waals surface area (Å²) in [6.45, 7) is -0.733. The predicted molar refractivity (Wildman–Crippen MR) is 43.7 cm³/mol. The van der Waals surface area contributed by atoms with E-state index >= 15 is 0 Å². The molecule has 0 aromatic rings. The summed E-state index contributed by atoms with van der Waals surface area (Å²) < 4.78 is 60.4. The molecule has 16 heavy (non-hydrogen) atoms. The van der Waals surface area contributed by atoms with Crippen LogP contribution in [0.15, 0.2) is 11.8 Å². The van der Waals surface area contributed by atoms with Crippen LogP contribution in [0.5, 0.6) is 0 Å². The molecule has 0 unspecified atom stereocenters. The van der Waals surface area contributed by atoms with Crippen molar-refractivity contribution in [1.82, 2.24) is 4.90 Å². The molecule has 0 saturated carbocycles. The van der Waals surface area contributed by atoms with E-state index in [4.69, 9.17) is 5.11 Å². The van der Waals surface area contributed by atoms with E-state index in [1.165, 1.54) is 0 Å². The largest absolute Gasteiger partial charge is 0.534 e. The third-order valence-electron chi connectivity index (χ3n) is 1.66. The van der Waals surface area contributed by atoms with Gasteiger partial charge >= 0.3 is 21.7 Å². The zero-order valence-electron chi connectivity index (χ0n) is 7.56. The van der Waals surface area contributed by atoms with Gasteiger partial charge in [0.25, 0.3) is 0 Å². The molecule has 10 heteroatoms. The van der Waals surface area contributed by atoms with E-state index in [2.05, 4.69) is 4.18 Å². The van der Waals surface area contributed by atoms with E-state index in [1.807, 2.05) is 0 Å². The molecule has 92 valence electrons. The van der Waals surface area contributed by atoms with Gasteiger partial charge in [0, 0.05) is 6.54 Å². The predicted octanol–water partition coefficient (Wildman–Crippen LogP) is 0.730. The zero-order chi connectivity index (χ0) is 12.6. The van der Waals surface area contributed by atoms with Crippen molar-refractivity contribution in [3.63, 3.8) is 0 Å². The van der Waals surface area contributed by atoms with Gasteiger partial charge in [-0.2, -0.15) is 21.6 Å². The molecular weight excluding hydrogens is 255 g/mol. The third kappa shape index (κ3) is 2.56. The molecular formula is C6H6F3NO5S. The maximum atomic E-state index is 11.9. The molecule has 1 aliphatic rings. The van der Waals surface area contributed by atoms with Crippen LogP contribution in [0.1, 0.15) is 0 Å². The number of amides is 1. The fourth-order valence-corrected chi connectivity index (χ4v) is 1.42. The van der Waals surface area contributed by atoms with Crippen LogP contribution in [-0.4, -0.2) is 43.1 Å². The molecule has 0 aromatic heterocycles. The van der Waals surface area contributed by atoms with Gasteiger partial charge in [-0.1, -0.05) is 0 Å². The van der Waals surface area contributed by atoms with E-state index < -0.39 is 34.0 Å². The van der Waals surface area contributed by atoms with Crippen LogP contribution in [0.2, 0.25) is 0 Å². The van der Waals surface area contributed by atoms with Gasteiger partial charge in [0.1, 0.15) is 5.76 Å². The monoisotopic (exact) mass is 261 g/mol.